The fourth-order valence-electron chi connectivity index (χ4n) is 2.04. The van der Waals surface area contributed by atoms with Gasteiger partial charge in [-0.3, -0.25) is 9.78 Å². The summed E-state index contributed by atoms with van der Waals surface area (Å²) in [4.78, 5) is 16.4. The van der Waals surface area contributed by atoms with Crippen LogP contribution < -0.4 is 10.1 Å². The van der Waals surface area contributed by atoms with E-state index in [9.17, 15) is 4.79 Å². The number of ether oxygens (including phenoxy) is 1. The molecule has 0 spiro atoms. The highest BCUT2D eigenvalue weighted by atomic mass is 35.5. The highest BCUT2D eigenvalue weighted by Gasteiger charge is 2.13. The van der Waals surface area contributed by atoms with Gasteiger partial charge in [-0.05, 0) is 30.7 Å². The van der Waals surface area contributed by atoms with E-state index in [1.54, 1.807) is 19.4 Å². The molecule has 110 valence electrons. The van der Waals surface area contributed by atoms with Crippen molar-refractivity contribution in [3.63, 3.8) is 0 Å². The van der Waals surface area contributed by atoms with Crippen molar-refractivity contribution >= 4 is 17.5 Å². The second-order valence-electron chi connectivity index (χ2n) is 4.54. The number of carbonyl (C=O) groups is 1. The largest absolute Gasteiger partial charge is 0.497 e. The molecule has 21 heavy (non-hydrogen) atoms. The minimum atomic E-state index is -0.162. The van der Waals surface area contributed by atoms with E-state index in [0.717, 1.165) is 11.3 Å². The summed E-state index contributed by atoms with van der Waals surface area (Å²) in [7, 11) is 1.62. The minimum absolute atomic E-state index is 0.162. The van der Waals surface area contributed by atoms with Crippen LogP contribution >= 0.6 is 11.6 Å². The van der Waals surface area contributed by atoms with Gasteiger partial charge < -0.3 is 10.1 Å². The predicted octanol–water partition coefficient (Wildman–Crippen LogP) is 3.08. The molecule has 2 rings (SSSR count). The number of pyridine rings is 1. The van der Waals surface area contributed by atoms with Gasteiger partial charge in [-0.15, -0.1) is 0 Å². The van der Waals surface area contributed by atoms with E-state index < -0.39 is 0 Å². The predicted molar refractivity (Wildman–Crippen MR) is 83.1 cm³/mol. The molecular formula is C16H17ClN2O2. The third-order valence-corrected chi connectivity index (χ3v) is 3.23. The van der Waals surface area contributed by atoms with Crippen LogP contribution in [0.1, 0.15) is 28.5 Å². The fourth-order valence-corrected chi connectivity index (χ4v) is 2.19. The molecule has 1 N–H and O–H groups in total. The molecule has 1 aromatic heterocycles. The number of amides is 1. The summed E-state index contributed by atoms with van der Waals surface area (Å²) in [5, 5.41) is 3.23. The molecule has 4 nitrogen and oxygen atoms in total. The van der Waals surface area contributed by atoms with E-state index in [0.29, 0.717) is 29.2 Å². The Morgan fingerprint density at radius 1 is 1.38 bits per heavy atom. The van der Waals surface area contributed by atoms with Gasteiger partial charge in [-0.1, -0.05) is 23.7 Å². The normalized spacial score (nSPS) is 10.2. The lowest BCUT2D eigenvalue weighted by Gasteiger charge is -2.10. The Morgan fingerprint density at radius 3 is 2.90 bits per heavy atom. The van der Waals surface area contributed by atoms with Gasteiger partial charge in [-0.25, -0.2) is 0 Å². The number of nitrogens with zero attached hydrogens (tertiary/aromatic N) is 1. The SMILES string of the molecule is CCNC(=O)c1cc(Cl)cnc1Cc1cccc(OC)c1. The zero-order valence-electron chi connectivity index (χ0n) is 12.0. The van der Waals surface area contributed by atoms with E-state index in [2.05, 4.69) is 10.3 Å². The van der Waals surface area contributed by atoms with Crippen LogP contribution in [0.2, 0.25) is 5.02 Å². The zero-order chi connectivity index (χ0) is 15.2. The summed E-state index contributed by atoms with van der Waals surface area (Å²) in [6.45, 7) is 2.43. The first-order valence-electron chi connectivity index (χ1n) is 6.69. The first-order valence-corrected chi connectivity index (χ1v) is 7.07. The molecular weight excluding hydrogens is 288 g/mol. The topological polar surface area (TPSA) is 51.2 Å². The summed E-state index contributed by atoms with van der Waals surface area (Å²) in [5.41, 5.74) is 2.22. The Bertz CT molecular complexity index is 644. The van der Waals surface area contributed by atoms with E-state index in [1.165, 1.54) is 0 Å². The molecule has 1 aromatic carbocycles. The van der Waals surface area contributed by atoms with Crippen LogP contribution in [0, 0.1) is 0 Å². The van der Waals surface area contributed by atoms with Crippen LogP contribution in [-0.4, -0.2) is 24.5 Å². The van der Waals surface area contributed by atoms with Crippen molar-refractivity contribution in [1.82, 2.24) is 10.3 Å². The maximum absolute atomic E-state index is 12.1. The summed E-state index contributed by atoms with van der Waals surface area (Å²) in [6, 6.07) is 9.34. The molecule has 0 atom stereocenters. The molecule has 0 aliphatic carbocycles. The van der Waals surface area contributed by atoms with Crippen LogP contribution in [0.4, 0.5) is 0 Å². The Hall–Kier alpha value is -2.07. The van der Waals surface area contributed by atoms with Gasteiger partial charge in [0.25, 0.3) is 5.91 Å². The Labute approximate surface area is 129 Å². The first-order chi connectivity index (χ1) is 10.1. The average molecular weight is 305 g/mol. The second kappa shape index (κ2) is 7.09. The number of hydrogen-bond acceptors (Lipinski definition) is 3. The number of benzene rings is 1. The quantitative estimate of drug-likeness (QED) is 0.923. The van der Waals surface area contributed by atoms with E-state index >= 15 is 0 Å². The fraction of sp³-hybridized carbons (Fsp3) is 0.250. The van der Waals surface area contributed by atoms with Gasteiger partial charge >= 0.3 is 0 Å². The van der Waals surface area contributed by atoms with Gasteiger partial charge in [0.05, 0.1) is 23.4 Å². The lowest BCUT2D eigenvalue weighted by molar-refractivity contribution is 0.0954. The van der Waals surface area contributed by atoms with Crippen LogP contribution in [0.3, 0.4) is 0 Å². The molecule has 5 heteroatoms. The lowest BCUT2D eigenvalue weighted by Crippen LogP contribution is -2.24. The molecule has 0 unspecified atom stereocenters. The molecule has 2 aromatic rings. The van der Waals surface area contributed by atoms with E-state index in [-0.39, 0.29) is 5.91 Å². The second-order valence-corrected chi connectivity index (χ2v) is 4.97. The van der Waals surface area contributed by atoms with Crippen molar-refractivity contribution in [3.05, 3.63) is 58.4 Å². The molecule has 0 radical (unpaired) electrons. The number of hydrogen-bond donors (Lipinski definition) is 1. The molecule has 0 saturated carbocycles. The van der Waals surface area contributed by atoms with Crippen LogP contribution in [0.25, 0.3) is 0 Å². The standard InChI is InChI=1S/C16H17ClN2O2/c1-3-18-16(20)14-9-12(17)10-19-15(14)8-11-5-4-6-13(7-11)21-2/h4-7,9-10H,3,8H2,1-2H3,(H,18,20). The highest BCUT2D eigenvalue weighted by molar-refractivity contribution is 6.30. The van der Waals surface area contributed by atoms with Gasteiger partial charge in [-0.2, -0.15) is 0 Å². The highest BCUT2D eigenvalue weighted by Crippen LogP contribution is 2.19. The Morgan fingerprint density at radius 2 is 2.19 bits per heavy atom. The summed E-state index contributed by atoms with van der Waals surface area (Å²) >= 11 is 5.95. The zero-order valence-corrected chi connectivity index (χ0v) is 12.8. The van der Waals surface area contributed by atoms with Crippen LogP contribution in [0.15, 0.2) is 36.5 Å². The summed E-state index contributed by atoms with van der Waals surface area (Å²) in [5.74, 6) is 0.617. The van der Waals surface area contributed by atoms with Gasteiger partial charge in [0.1, 0.15) is 5.75 Å². The maximum atomic E-state index is 12.1. The average Bonchev–Trinajstić information content (AvgIpc) is 2.49. The van der Waals surface area contributed by atoms with E-state index in [4.69, 9.17) is 16.3 Å². The smallest absolute Gasteiger partial charge is 0.253 e. The summed E-state index contributed by atoms with van der Waals surface area (Å²) < 4.78 is 5.21. The van der Waals surface area contributed by atoms with Crippen molar-refractivity contribution < 1.29 is 9.53 Å². The Balaban J connectivity index is 2.32. The van der Waals surface area contributed by atoms with Gasteiger partial charge in [0, 0.05) is 19.2 Å². The molecule has 0 saturated heterocycles. The van der Waals surface area contributed by atoms with Crippen molar-refractivity contribution in [1.29, 1.82) is 0 Å². The number of carbonyl (C=O) groups excluding carboxylic acids is 1. The molecule has 1 amide bonds. The Kier molecular flexibility index (Phi) is 5.17. The molecule has 0 aliphatic heterocycles. The number of nitrogens with one attached hydrogen (secondary N) is 1. The number of halogens is 1. The third-order valence-electron chi connectivity index (χ3n) is 3.02. The monoisotopic (exact) mass is 304 g/mol. The third kappa shape index (κ3) is 3.95. The molecule has 0 aliphatic rings. The minimum Gasteiger partial charge on any atom is -0.497 e. The van der Waals surface area contributed by atoms with Crippen LogP contribution in [0.5, 0.6) is 5.75 Å². The van der Waals surface area contributed by atoms with Crippen molar-refractivity contribution in [2.45, 2.75) is 13.3 Å². The maximum Gasteiger partial charge on any atom is 0.253 e. The van der Waals surface area contributed by atoms with E-state index in [1.807, 2.05) is 31.2 Å². The number of aromatic nitrogens is 1. The van der Waals surface area contributed by atoms with Crippen molar-refractivity contribution in [2.75, 3.05) is 13.7 Å². The first kappa shape index (κ1) is 15.3. The summed E-state index contributed by atoms with van der Waals surface area (Å²) in [6.07, 6.45) is 2.10. The van der Waals surface area contributed by atoms with Crippen molar-refractivity contribution in [3.8, 4) is 5.75 Å². The lowest BCUT2D eigenvalue weighted by atomic mass is 10.0. The van der Waals surface area contributed by atoms with Crippen molar-refractivity contribution in [2.24, 2.45) is 0 Å². The van der Waals surface area contributed by atoms with Gasteiger partial charge in [0.2, 0.25) is 0 Å². The number of rotatable bonds is 5. The number of methoxy groups -OCH3 is 1. The van der Waals surface area contributed by atoms with Gasteiger partial charge in [0.15, 0.2) is 0 Å². The molecule has 1 heterocycles. The van der Waals surface area contributed by atoms with Crippen LogP contribution in [-0.2, 0) is 6.42 Å². The molecule has 0 bridgehead atoms. The molecule has 0 fully saturated rings.